The molecule has 0 saturated carbocycles. The quantitative estimate of drug-likeness (QED) is 0.161. The zero-order valence-corrected chi connectivity index (χ0v) is 28.3. The third-order valence-corrected chi connectivity index (χ3v) is 8.62. The van der Waals surface area contributed by atoms with E-state index in [2.05, 4.69) is 0 Å². The summed E-state index contributed by atoms with van der Waals surface area (Å²) in [6, 6.07) is -39.1. The summed E-state index contributed by atoms with van der Waals surface area (Å²) in [4.78, 5) is 0.311. The van der Waals surface area contributed by atoms with Gasteiger partial charge in [-0.25, -0.2) is 0 Å². The van der Waals surface area contributed by atoms with Crippen LogP contribution in [0.15, 0.2) is 222 Å². The average molecular weight is 765 g/mol. The van der Waals surface area contributed by atoms with Crippen molar-refractivity contribution >= 4 is 60.8 Å². The molecule has 57 heavy (non-hydrogen) atoms. The van der Waals surface area contributed by atoms with Crippen molar-refractivity contribution in [2.45, 2.75) is 0 Å². The van der Waals surface area contributed by atoms with E-state index < -0.39 is 317 Å². The maximum absolute atomic E-state index is 10.1. The molecule has 2 heterocycles. The number of anilines is 3. The summed E-state index contributed by atoms with van der Waals surface area (Å²) < 4.78 is 333. The lowest BCUT2D eigenvalue weighted by atomic mass is 9.99. The van der Waals surface area contributed by atoms with Crippen molar-refractivity contribution in [2.75, 3.05) is 4.90 Å². The molecule has 0 fully saturated rings. The number of hydrogen-bond donors (Lipinski definition) is 0. The van der Waals surface area contributed by atoms with Crippen LogP contribution in [0, 0.1) is 0 Å². The Hall–Kier alpha value is -7.62. The minimum absolute atomic E-state index is 0.311. The van der Waals surface area contributed by atoms with Crippen LogP contribution >= 0.6 is 0 Å². The number of hydrogen-bond acceptors (Lipinski definition) is 2. The van der Waals surface area contributed by atoms with Crippen molar-refractivity contribution in [1.29, 1.82) is 0 Å². The highest BCUT2D eigenvalue weighted by molar-refractivity contribution is 6.17. The van der Waals surface area contributed by atoms with Gasteiger partial charge in [-0.05, 0) is 94.3 Å². The second-order valence-corrected chi connectivity index (χ2v) is 11.8. The third kappa shape index (κ3) is 5.60. The Morgan fingerprint density at radius 1 is 0.386 bits per heavy atom. The highest BCUT2D eigenvalue weighted by atomic mass is 16.3. The first-order chi connectivity index (χ1) is 43.3. The Kier molecular flexibility index (Phi) is 3.03. The zero-order chi connectivity index (χ0) is 69.0. The molecule has 0 spiro atoms. The summed E-state index contributed by atoms with van der Waals surface area (Å²) in [6.07, 6.45) is 0. The van der Waals surface area contributed by atoms with Gasteiger partial charge in [0.2, 0.25) is 0 Å². The van der Waals surface area contributed by atoms with E-state index in [0.717, 1.165) is 0 Å². The molecule has 0 N–H and O–H groups in total. The van der Waals surface area contributed by atoms with Gasteiger partial charge in [0, 0.05) is 38.8 Å². The van der Waals surface area contributed by atoms with E-state index >= 15 is 0 Å². The van der Waals surface area contributed by atoms with Crippen LogP contribution in [-0.4, -0.2) is 4.57 Å². The SMILES string of the molecule is [2H]c1c([2H])c([2H])c(-c2c([2H])c([2H])c(N(c3c([2H])c([2H])c(-c4c([2H])c([2H])c([2H])c([2H])c4[2H])c([2H])c3[2H])c3c([2H])c([2H])c(-c4c([2H])c([2H])c(-n5c6c([2H])c([2H])c([2H])c([2H])c6c6c([2H])c([2H])c([2H])c([2H])c65)c([2H])c4[2H])c4oc5c([2H])c([2H])c([2H])c([2H])c5c34)c([2H])c2[2H])c([2H])c1[2H]. The molecule has 0 unspecified atom stereocenters. The van der Waals surface area contributed by atoms with Gasteiger partial charge < -0.3 is 13.9 Å². The minimum Gasteiger partial charge on any atom is -0.455 e. The number of furan rings is 1. The van der Waals surface area contributed by atoms with Crippen molar-refractivity contribution in [3.8, 4) is 39.1 Å². The van der Waals surface area contributed by atoms with Gasteiger partial charge in [-0.3, -0.25) is 0 Å². The van der Waals surface area contributed by atoms with E-state index in [-0.39, 0.29) is 0 Å². The van der Waals surface area contributed by atoms with Crippen molar-refractivity contribution in [2.24, 2.45) is 0 Å². The molecule has 0 aliphatic heterocycles. The van der Waals surface area contributed by atoms with E-state index in [9.17, 15) is 20.6 Å². The van der Waals surface area contributed by atoms with Gasteiger partial charge in [-0.1, -0.05) is 151 Å². The molecular weight excluding hydrogens is 693 g/mol. The largest absolute Gasteiger partial charge is 0.455 e. The summed E-state index contributed by atoms with van der Waals surface area (Å²) in [5, 5.41) is -2.82. The van der Waals surface area contributed by atoms with E-state index in [4.69, 9.17) is 33.2 Å². The number of para-hydroxylation sites is 3. The van der Waals surface area contributed by atoms with E-state index in [0.29, 0.717) is 9.47 Å². The molecule has 0 aliphatic carbocycles. The fourth-order valence-electron chi connectivity index (χ4n) is 6.16. The highest BCUT2D eigenvalue weighted by Crippen LogP contribution is 2.46. The summed E-state index contributed by atoms with van der Waals surface area (Å²) in [6.45, 7) is 0. The molecule has 3 nitrogen and oxygen atoms in total. The molecule has 268 valence electrons. The first-order valence-electron chi connectivity index (χ1n) is 34.5. The smallest absolute Gasteiger partial charge is 0.145 e. The lowest BCUT2D eigenvalue weighted by molar-refractivity contribution is 0.670. The molecule has 0 radical (unpaired) electrons. The lowest BCUT2D eigenvalue weighted by Crippen LogP contribution is -2.10. The Balaban J connectivity index is 1.35. The van der Waals surface area contributed by atoms with E-state index in [1.165, 1.54) is 0 Å². The summed E-state index contributed by atoms with van der Waals surface area (Å²) in [5.41, 5.74) is -13.5. The first kappa shape index (κ1) is 12.7. The molecule has 11 rings (SSSR count). The van der Waals surface area contributed by atoms with Crippen LogP contribution in [0.4, 0.5) is 17.1 Å². The molecule has 0 aliphatic rings. The average Bonchev–Trinajstić information content (AvgIpc) is 1.64. The second-order valence-electron chi connectivity index (χ2n) is 11.8. The molecular formula is C54H36N2O. The van der Waals surface area contributed by atoms with Crippen LogP contribution in [0.3, 0.4) is 0 Å². The number of aromatic nitrogens is 1. The molecule has 0 saturated heterocycles. The molecule has 11 aromatic rings. The number of rotatable bonds is 7. The van der Waals surface area contributed by atoms with E-state index in [1.807, 2.05) is 0 Å². The van der Waals surface area contributed by atoms with Gasteiger partial charge in [0.05, 0.1) is 71.5 Å². The number of fused-ring (bicyclic) bond motifs is 6. The summed E-state index contributed by atoms with van der Waals surface area (Å²) >= 11 is 0. The summed E-state index contributed by atoms with van der Waals surface area (Å²) in [5.74, 6) is 0. The van der Waals surface area contributed by atoms with Crippen LogP contribution in [-0.2, 0) is 0 Å². The van der Waals surface area contributed by atoms with Gasteiger partial charge in [0.15, 0.2) is 0 Å². The summed E-state index contributed by atoms with van der Waals surface area (Å²) in [7, 11) is 0. The van der Waals surface area contributed by atoms with Crippen LogP contribution in [0.5, 0.6) is 0 Å². The van der Waals surface area contributed by atoms with Gasteiger partial charge >= 0.3 is 0 Å². The lowest BCUT2D eigenvalue weighted by Gasteiger charge is -2.27. The van der Waals surface area contributed by atoms with Crippen LogP contribution in [0.1, 0.15) is 49.3 Å². The van der Waals surface area contributed by atoms with Gasteiger partial charge in [0.1, 0.15) is 11.2 Å². The van der Waals surface area contributed by atoms with Crippen molar-refractivity contribution in [1.82, 2.24) is 4.57 Å². The Bertz CT molecular complexity index is 5000. The highest BCUT2D eigenvalue weighted by Gasteiger charge is 2.22. The number of nitrogens with zero attached hydrogens (tertiary/aromatic N) is 2. The molecule has 2 aromatic heterocycles. The monoisotopic (exact) mass is 765 g/mol. The predicted octanol–water partition coefficient (Wildman–Crippen LogP) is 15.2. The van der Waals surface area contributed by atoms with Gasteiger partial charge in [0.25, 0.3) is 0 Å². The Morgan fingerprint density at radius 2 is 0.842 bits per heavy atom. The second kappa shape index (κ2) is 13.6. The molecule has 0 bridgehead atoms. The predicted molar refractivity (Wildman–Crippen MR) is 239 cm³/mol. The van der Waals surface area contributed by atoms with Gasteiger partial charge in [-0.2, -0.15) is 0 Å². The van der Waals surface area contributed by atoms with Crippen molar-refractivity contribution in [3.63, 3.8) is 0 Å². The molecule has 3 heteroatoms. The van der Waals surface area contributed by atoms with Gasteiger partial charge in [-0.15, -0.1) is 0 Å². The Morgan fingerprint density at radius 3 is 1.40 bits per heavy atom. The van der Waals surface area contributed by atoms with E-state index in [1.54, 1.807) is 0 Å². The zero-order valence-electron chi connectivity index (χ0n) is 64.3. The molecule has 0 atom stereocenters. The fourth-order valence-corrected chi connectivity index (χ4v) is 6.16. The van der Waals surface area contributed by atoms with Crippen LogP contribution in [0.25, 0.3) is 82.8 Å². The maximum atomic E-state index is 10.1. The van der Waals surface area contributed by atoms with Crippen LogP contribution < -0.4 is 4.90 Å². The fraction of sp³-hybridized carbons (Fsp3) is 0. The third-order valence-electron chi connectivity index (χ3n) is 8.62. The topological polar surface area (TPSA) is 21.3 Å². The van der Waals surface area contributed by atoms with Crippen molar-refractivity contribution in [3.05, 3.63) is 218 Å². The molecule has 9 aromatic carbocycles. The number of benzene rings is 9. The first-order valence-corrected chi connectivity index (χ1v) is 16.5. The minimum atomic E-state index is -1.37. The standard InChI is InChI=1S/C54H36N2O/c1-3-13-37(14-4-1)39-23-29-42(30-24-39)55(43-31-25-40(26-32-43)38-15-5-2-6-16-38)51-36-35-45(54-53(51)48-19-9-12-22-52(48)57-54)41-27-33-44(34-28-41)56-49-20-10-7-17-46(49)47-18-8-11-21-50(47)56/h1-36H/i1D,2D,3D,4D,5D,6D,7D,8D,9D,10D,11D,12D,13D,14D,15D,16D,17D,18D,19D,20D,21D,22D,23D,24D,25D,26D,27D,28D,29D,30D,31D,32D,33D,34D,35D,36D. The Labute approximate surface area is 381 Å². The normalized spacial score (nSPS) is 20.4. The van der Waals surface area contributed by atoms with Crippen LogP contribution in [0.2, 0.25) is 0 Å². The molecule has 0 amide bonds. The maximum Gasteiger partial charge on any atom is 0.145 e. The van der Waals surface area contributed by atoms with Crippen molar-refractivity contribution < 1.29 is 53.8 Å².